The maximum atomic E-state index is 11.4. The van der Waals surface area contributed by atoms with Gasteiger partial charge in [0.2, 0.25) is 0 Å². The number of amides is 2. The summed E-state index contributed by atoms with van der Waals surface area (Å²) < 4.78 is 5.07. The molecule has 1 fully saturated rings. The molecule has 0 aliphatic heterocycles. The van der Waals surface area contributed by atoms with Gasteiger partial charge in [0.25, 0.3) is 0 Å². The summed E-state index contributed by atoms with van der Waals surface area (Å²) in [7, 11) is 1.63. The van der Waals surface area contributed by atoms with Crippen LogP contribution in [0, 0.1) is 5.92 Å². The molecule has 1 aliphatic carbocycles. The largest absolute Gasteiger partial charge is 0.497 e. The lowest BCUT2D eigenvalue weighted by Gasteiger charge is -2.05. The summed E-state index contributed by atoms with van der Waals surface area (Å²) in [4.78, 5) is 11.4. The highest BCUT2D eigenvalue weighted by atomic mass is 16.5. The summed E-state index contributed by atoms with van der Waals surface area (Å²) in [5.41, 5.74) is 1.04. The van der Waals surface area contributed by atoms with Gasteiger partial charge in [-0.15, -0.1) is 0 Å². The number of urea groups is 1. The fraction of sp³-hybridized carbons (Fsp3) is 0.357. The number of carbonyl (C=O) groups excluding carboxylic acids is 1. The Morgan fingerprint density at radius 3 is 2.72 bits per heavy atom. The highest BCUT2D eigenvalue weighted by molar-refractivity contribution is 5.74. The lowest BCUT2D eigenvalue weighted by atomic mass is 10.2. The predicted octanol–water partition coefficient (Wildman–Crippen LogP) is 2.42. The van der Waals surface area contributed by atoms with Crippen molar-refractivity contribution in [2.24, 2.45) is 5.92 Å². The number of rotatable bonds is 5. The Morgan fingerprint density at radius 1 is 1.39 bits per heavy atom. The van der Waals surface area contributed by atoms with Crippen molar-refractivity contribution < 1.29 is 9.53 Å². The number of hydrogen-bond donors (Lipinski definition) is 2. The number of benzene rings is 1. The van der Waals surface area contributed by atoms with Gasteiger partial charge in [-0.25, -0.2) is 4.79 Å². The van der Waals surface area contributed by atoms with Gasteiger partial charge in [-0.3, -0.25) is 0 Å². The molecule has 2 amide bonds. The Kier molecular flexibility index (Phi) is 4.23. The molecule has 1 aromatic rings. The standard InChI is InChI=1S/C14H18N2O2/c1-18-13-6-4-12(5-7-13)10-16-14(17)15-9-8-11-2-3-11/h4-9,11H,2-3,10H2,1H3,(H2,15,16,17)/b9-8+. The Labute approximate surface area is 107 Å². The van der Waals surface area contributed by atoms with Crippen LogP contribution in [0.3, 0.4) is 0 Å². The molecule has 0 unspecified atom stereocenters. The van der Waals surface area contributed by atoms with Gasteiger partial charge in [0.1, 0.15) is 5.75 Å². The second-order valence-corrected chi connectivity index (χ2v) is 4.37. The molecule has 96 valence electrons. The van der Waals surface area contributed by atoms with Crippen LogP contribution in [-0.4, -0.2) is 13.1 Å². The monoisotopic (exact) mass is 246 g/mol. The number of nitrogens with one attached hydrogen (secondary N) is 2. The van der Waals surface area contributed by atoms with Crippen molar-refractivity contribution >= 4 is 6.03 Å². The molecule has 0 atom stereocenters. The second kappa shape index (κ2) is 6.10. The molecule has 4 heteroatoms. The van der Waals surface area contributed by atoms with E-state index in [9.17, 15) is 4.79 Å². The van der Waals surface area contributed by atoms with Gasteiger partial charge >= 0.3 is 6.03 Å². The lowest BCUT2D eigenvalue weighted by molar-refractivity contribution is 0.243. The number of carbonyl (C=O) groups is 1. The maximum absolute atomic E-state index is 11.4. The SMILES string of the molecule is COc1ccc(CNC(=O)N/C=C/C2CC2)cc1. The normalized spacial score (nSPS) is 14.5. The molecular formula is C14H18N2O2. The van der Waals surface area contributed by atoms with Crippen LogP contribution in [0.1, 0.15) is 18.4 Å². The van der Waals surface area contributed by atoms with Crippen molar-refractivity contribution in [1.82, 2.24) is 10.6 Å². The molecule has 1 aliphatic rings. The summed E-state index contributed by atoms with van der Waals surface area (Å²) in [5.74, 6) is 1.49. The van der Waals surface area contributed by atoms with Crippen molar-refractivity contribution in [3.05, 3.63) is 42.1 Å². The molecule has 2 rings (SSSR count). The fourth-order valence-corrected chi connectivity index (χ4v) is 1.53. The third kappa shape index (κ3) is 4.13. The smallest absolute Gasteiger partial charge is 0.319 e. The summed E-state index contributed by atoms with van der Waals surface area (Å²) in [5, 5.41) is 5.48. The van der Waals surface area contributed by atoms with Crippen molar-refractivity contribution in [3.63, 3.8) is 0 Å². The third-order valence-corrected chi connectivity index (χ3v) is 2.82. The van der Waals surface area contributed by atoms with Crippen LogP contribution < -0.4 is 15.4 Å². The molecule has 0 heterocycles. The van der Waals surface area contributed by atoms with E-state index in [-0.39, 0.29) is 6.03 Å². The van der Waals surface area contributed by atoms with E-state index in [1.54, 1.807) is 13.3 Å². The van der Waals surface area contributed by atoms with Crippen LogP contribution in [0.25, 0.3) is 0 Å². The van der Waals surface area contributed by atoms with Crippen LogP contribution in [0.2, 0.25) is 0 Å². The Morgan fingerprint density at radius 2 is 2.11 bits per heavy atom. The number of methoxy groups -OCH3 is 1. The molecule has 1 saturated carbocycles. The minimum Gasteiger partial charge on any atom is -0.497 e. The van der Waals surface area contributed by atoms with E-state index in [1.807, 2.05) is 30.3 Å². The maximum Gasteiger partial charge on any atom is 0.319 e. The second-order valence-electron chi connectivity index (χ2n) is 4.37. The Balaban J connectivity index is 1.70. The summed E-state index contributed by atoms with van der Waals surface area (Å²) in [6, 6.07) is 7.44. The average molecular weight is 246 g/mol. The van der Waals surface area contributed by atoms with Crippen molar-refractivity contribution in [1.29, 1.82) is 0 Å². The number of ether oxygens (including phenoxy) is 1. The minimum atomic E-state index is -0.178. The summed E-state index contributed by atoms with van der Waals surface area (Å²) >= 11 is 0. The molecule has 0 spiro atoms. The zero-order valence-corrected chi connectivity index (χ0v) is 10.5. The van der Waals surface area contributed by atoms with Gasteiger partial charge in [-0.2, -0.15) is 0 Å². The first kappa shape index (κ1) is 12.5. The topological polar surface area (TPSA) is 50.4 Å². The van der Waals surface area contributed by atoms with E-state index in [2.05, 4.69) is 10.6 Å². The van der Waals surface area contributed by atoms with Gasteiger partial charge in [0.05, 0.1) is 7.11 Å². The van der Waals surface area contributed by atoms with Crippen molar-refractivity contribution in [2.45, 2.75) is 19.4 Å². The molecule has 2 N–H and O–H groups in total. The zero-order chi connectivity index (χ0) is 12.8. The van der Waals surface area contributed by atoms with Crippen molar-refractivity contribution in [3.8, 4) is 5.75 Å². The quantitative estimate of drug-likeness (QED) is 0.838. The van der Waals surface area contributed by atoms with Crippen LogP contribution in [0.15, 0.2) is 36.5 Å². The molecule has 0 radical (unpaired) electrons. The molecule has 0 bridgehead atoms. The van der Waals surface area contributed by atoms with Crippen LogP contribution in [-0.2, 0) is 6.54 Å². The van der Waals surface area contributed by atoms with E-state index in [0.29, 0.717) is 12.5 Å². The highest BCUT2D eigenvalue weighted by Gasteiger charge is 2.16. The van der Waals surface area contributed by atoms with E-state index >= 15 is 0 Å². The summed E-state index contributed by atoms with van der Waals surface area (Å²) in [6.07, 6.45) is 6.24. The molecule has 1 aromatic carbocycles. The third-order valence-electron chi connectivity index (χ3n) is 2.82. The predicted molar refractivity (Wildman–Crippen MR) is 70.2 cm³/mol. The average Bonchev–Trinajstić information content (AvgIpc) is 3.21. The molecule has 0 saturated heterocycles. The van der Waals surface area contributed by atoms with Gasteiger partial charge in [0, 0.05) is 12.7 Å². The van der Waals surface area contributed by atoms with Gasteiger partial charge < -0.3 is 15.4 Å². The van der Waals surface area contributed by atoms with Gasteiger partial charge in [-0.1, -0.05) is 18.2 Å². The van der Waals surface area contributed by atoms with Gasteiger partial charge in [-0.05, 0) is 36.5 Å². The molecular weight excluding hydrogens is 228 g/mol. The van der Waals surface area contributed by atoms with Gasteiger partial charge in [0.15, 0.2) is 0 Å². The zero-order valence-electron chi connectivity index (χ0n) is 10.5. The Hall–Kier alpha value is -1.97. The fourth-order valence-electron chi connectivity index (χ4n) is 1.53. The first-order valence-corrected chi connectivity index (χ1v) is 6.12. The van der Waals surface area contributed by atoms with Crippen LogP contribution in [0.4, 0.5) is 4.79 Å². The molecule has 0 aromatic heterocycles. The molecule has 4 nitrogen and oxygen atoms in total. The first-order chi connectivity index (χ1) is 8.78. The first-order valence-electron chi connectivity index (χ1n) is 6.12. The number of allylic oxidation sites excluding steroid dienone is 1. The Bertz CT molecular complexity index is 422. The van der Waals surface area contributed by atoms with E-state index < -0.39 is 0 Å². The lowest BCUT2D eigenvalue weighted by Crippen LogP contribution is -2.31. The van der Waals surface area contributed by atoms with Crippen molar-refractivity contribution in [2.75, 3.05) is 7.11 Å². The van der Waals surface area contributed by atoms with E-state index in [1.165, 1.54) is 12.8 Å². The minimum absolute atomic E-state index is 0.178. The van der Waals surface area contributed by atoms with Crippen LogP contribution in [0.5, 0.6) is 5.75 Å². The number of hydrogen-bond acceptors (Lipinski definition) is 2. The molecule has 18 heavy (non-hydrogen) atoms. The summed E-state index contributed by atoms with van der Waals surface area (Å²) in [6.45, 7) is 0.507. The van der Waals surface area contributed by atoms with E-state index in [0.717, 1.165) is 11.3 Å². The highest BCUT2D eigenvalue weighted by Crippen LogP contribution is 2.29. The van der Waals surface area contributed by atoms with Crippen LogP contribution >= 0.6 is 0 Å². The van der Waals surface area contributed by atoms with E-state index in [4.69, 9.17) is 4.74 Å².